The summed E-state index contributed by atoms with van der Waals surface area (Å²) in [5.74, 6) is 0.190. The fourth-order valence-corrected chi connectivity index (χ4v) is 2.33. The zero-order valence-corrected chi connectivity index (χ0v) is 12.8. The molecule has 2 aromatic carbocycles. The maximum absolute atomic E-state index is 13.1. The molecule has 1 heterocycles. The Bertz CT molecular complexity index is 787. The molecule has 0 radical (unpaired) electrons. The highest BCUT2D eigenvalue weighted by Gasteiger charge is 2.19. The van der Waals surface area contributed by atoms with E-state index in [2.05, 4.69) is 5.32 Å². The van der Waals surface area contributed by atoms with Gasteiger partial charge in [0.25, 0.3) is 5.91 Å². The Kier molecular flexibility index (Phi) is 4.91. The van der Waals surface area contributed by atoms with E-state index in [0.717, 1.165) is 5.56 Å². The Labute approximate surface area is 138 Å². The van der Waals surface area contributed by atoms with Crippen LogP contribution in [-0.2, 0) is 4.79 Å². The van der Waals surface area contributed by atoms with Crippen molar-refractivity contribution in [3.63, 3.8) is 0 Å². The number of halogens is 1. The van der Waals surface area contributed by atoms with E-state index in [0.29, 0.717) is 11.5 Å². The van der Waals surface area contributed by atoms with E-state index in [1.165, 1.54) is 18.2 Å². The maximum atomic E-state index is 13.1. The van der Waals surface area contributed by atoms with Crippen molar-refractivity contribution < 1.29 is 18.3 Å². The van der Waals surface area contributed by atoms with Gasteiger partial charge in [0.05, 0.1) is 6.26 Å². The second kappa shape index (κ2) is 7.46. The molecule has 0 aliphatic rings. The second-order valence-corrected chi connectivity index (χ2v) is 5.17. The predicted molar refractivity (Wildman–Crippen MR) is 87.0 cm³/mol. The van der Waals surface area contributed by atoms with Crippen LogP contribution in [0, 0.1) is 5.82 Å². The molecule has 0 spiro atoms. The zero-order chi connectivity index (χ0) is 16.8. The van der Waals surface area contributed by atoms with Crippen molar-refractivity contribution >= 4 is 5.91 Å². The van der Waals surface area contributed by atoms with Gasteiger partial charge < -0.3 is 14.5 Å². The molecule has 0 unspecified atom stereocenters. The number of benzene rings is 2. The summed E-state index contributed by atoms with van der Waals surface area (Å²) in [5, 5.41) is 2.87. The number of hydrogen-bond donors (Lipinski definition) is 1. The van der Waals surface area contributed by atoms with E-state index in [1.807, 2.05) is 30.3 Å². The minimum atomic E-state index is -0.412. The van der Waals surface area contributed by atoms with Crippen LogP contribution in [0.15, 0.2) is 77.4 Å². The van der Waals surface area contributed by atoms with Gasteiger partial charge in [-0.25, -0.2) is 4.39 Å². The number of rotatable bonds is 6. The van der Waals surface area contributed by atoms with Crippen LogP contribution in [0.25, 0.3) is 0 Å². The first kappa shape index (κ1) is 15.8. The fourth-order valence-electron chi connectivity index (χ4n) is 2.33. The molecular formula is C19H16FNO3. The maximum Gasteiger partial charge on any atom is 0.258 e. The number of amides is 1. The Morgan fingerprint density at radius 1 is 1.08 bits per heavy atom. The summed E-state index contributed by atoms with van der Waals surface area (Å²) in [7, 11) is 0. The lowest BCUT2D eigenvalue weighted by atomic mass is 10.0. The highest BCUT2D eigenvalue weighted by Crippen LogP contribution is 2.22. The third-order valence-corrected chi connectivity index (χ3v) is 3.43. The van der Waals surface area contributed by atoms with Crippen molar-refractivity contribution in [3.8, 4) is 5.75 Å². The van der Waals surface area contributed by atoms with E-state index < -0.39 is 11.9 Å². The van der Waals surface area contributed by atoms with Gasteiger partial charge in [0.1, 0.15) is 23.4 Å². The molecule has 1 N–H and O–H groups in total. The van der Waals surface area contributed by atoms with Gasteiger partial charge in [-0.1, -0.05) is 36.4 Å². The summed E-state index contributed by atoms with van der Waals surface area (Å²) >= 11 is 0. The average Bonchev–Trinajstić information content (AvgIpc) is 3.13. The monoisotopic (exact) mass is 325 g/mol. The summed E-state index contributed by atoms with van der Waals surface area (Å²) in [6.07, 6.45) is 1.56. The third kappa shape index (κ3) is 4.01. The molecule has 3 rings (SSSR count). The van der Waals surface area contributed by atoms with E-state index in [1.54, 1.807) is 24.5 Å². The van der Waals surface area contributed by atoms with E-state index in [-0.39, 0.29) is 12.5 Å². The molecule has 4 nitrogen and oxygen atoms in total. The minimum absolute atomic E-state index is 0.215. The second-order valence-electron chi connectivity index (χ2n) is 5.17. The average molecular weight is 325 g/mol. The van der Waals surface area contributed by atoms with Gasteiger partial charge in [-0.2, -0.15) is 0 Å². The molecule has 3 aromatic rings. The molecule has 0 aliphatic heterocycles. The largest absolute Gasteiger partial charge is 0.484 e. The summed E-state index contributed by atoms with van der Waals surface area (Å²) in [6.45, 7) is -0.215. The first-order chi connectivity index (χ1) is 11.7. The van der Waals surface area contributed by atoms with E-state index in [4.69, 9.17) is 9.15 Å². The molecule has 0 bridgehead atoms. The molecule has 24 heavy (non-hydrogen) atoms. The SMILES string of the molecule is O=C(COc1cccc(F)c1)N[C@@H](c1ccccc1)c1ccco1. The molecular weight excluding hydrogens is 309 g/mol. The van der Waals surface area contributed by atoms with Crippen LogP contribution in [0.4, 0.5) is 4.39 Å². The van der Waals surface area contributed by atoms with Crippen LogP contribution in [-0.4, -0.2) is 12.5 Å². The number of nitrogens with one attached hydrogen (secondary N) is 1. The summed E-state index contributed by atoms with van der Waals surface area (Å²) in [4.78, 5) is 12.2. The predicted octanol–water partition coefficient (Wildman–Crippen LogP) is 3.70. The molecule has 1 amide bonds. The fraction of sp³-hybridized carbons (Fsp3) is 0.105. The molecule has 1 atom stereocenters. The highest BCUT2D eigenvalue weighted by molar-refractivity contribution is 5.78. The first-order valence-corrected chi connectivity index (χ1v) is 7.48. The first-order valence-electron chi connectivity index (χ1n) is 7.48. The zero-order valence-electron chi connectivity index (χ0n) is 12.8. The van der Waals surface area contributed by atoms with Crippen molar-refractivity contribution in [2.45, 2.75) is 6.04 Å². The van der Waals surface area contributed by atoms with Crippen LogP contribution >= 0.6 is 0 Å². The van der Waals surface area contributed by atoms with Gasteiger partial charge in [-0.05, 0) is 29.8 Å². The molecule has 0 saturated carbocycles. The molecule has 0 aliphatic carbocycles. The molecule has 5 heteroatoms. The van der Waals surface area contributed by atoms with Crippen molar-refractivity contribution in [2.75, 3.05) is 6.61 Å². The Morgan fingerprint density at radius 3 is 2.62 bits per heavy atom. The van der Waals surface area contributed by atoms with Gasteiger partial charge in [0, 0.05) is 6.07 Å². The number of carbonyl (C=O) groups is 1. The van der Waals surface area contributed by atoms with E-state index >= 15 is 0 Å². The lowest BCUT2D eigenvalue weighted by Crippen LogP contribution is -2.33. The highest BCUT2D eigenvalue weighted by atomic mass is 19.1. The molecule has 0 fully saturated rings. The standard InChI is InChI=1S/C19H16FNO3/c20-15-8-4-9-16(12-15)24-13-18(22)21-19(17-10-5-11-23-17)14-6-2-1-3-7-14/h1-12,19H,13H2,(H,21,22)/t19-/m0/s1. The topological polar surface area (TPSA) is 51.5 Å². The summed E-state index contributed by atoms with van der Waals surface area (Å²) in [5.41, 5.74) is 0.895. The molecule has 122 valence electrons. The van der Waals surface area contributed by atoms with Crippen LogP contribution in [0.1, 0.15) is 17.4 Å². The third-order valence-electron chi connectivity index (χ3n) is 3.43. The normalized spacial score (nSPS) is 11.7. The van der Waals surface area contributed by atoms with E-state index in [9.17, 15) is 9.18 Å². The number of ether oxygens (including phenoxy) is 1. The van der Waals surface area contributed by atoms with Gasteiger partial charge in [-0.15, -0.1) is 0 Å². The van der Waals surface area contributed by atoms with Gasteiger partial charge >= 0.3 is 0 Å². The molecule has 1 aromatic heterocycles. The quantitative estimate of drug-likeness (QED) is 0.752. The number of furan rings is 1. The van der Waals surface area contributed by atoms with Gasteiger partial charge in [0.15, 0.2) is 6.61 Å². The van der Waals surface area contributed by atoms with Crippen molar-refractivity contribution in [1.82, 2.24) is 5.32 Å². The van der Waals surface area contributed by atoms with Crippen LogP contribution in [0.3, 0.4) is 0 Å². The molecule has 0 saturated heterocycles. The number of carbonyl (C=O) groups excluding carboxylic acids is 1. The Morgan fingerprint density at radius 2 is 1.92 bits per heavy atom. The van der Waals surface area contributed by atoms with Crippen molar-refractivity contribution in [2.24, 2.45) is 0 Å². The van der Waals surface area contributed by atoms with Gasteiger partial charge in [0.2, 0.25) is 0 Å². The van der Waals surface area contributed by atoms with Crippen LogP contribution < -0.4 is 10.1 Å². The lowest BCUT2D eigenvalue weighted by molar-refractivity contribution is -0.123. The lowest BCUT2D eigenvalue weighted by Gasteiger charge is -2.17. The Balaban J connectivity index is 1.68. The number of hydrogen-bond acceptors (Lipinski definition) is 3. The van der Waals surface area contributed by atoms with Crippen molar-refractivity contribution in [3.05, 3.63) is 90.1 Å². The minimum Gasteiger partial charge on any atom is -0.484 e. The van der Waals surface area contributed by atoms with Gasteiger partial charge in [-0.3, -0.25) is 4.79 Å². The summed E-state index contributed by atoms with van der Waals surface area (Å²) < 4.78 is 23.9. The van der Waals surface area contributed by atoms with Crippen molar-refractivity contribution in [1.29, 1.82) is 0 Å². The smallest absolute Gasteiger partial charge is 0.258 e. The van der Waals surface area contributed by atoms with Crippen LogP contribution in [0.5, 0.6) is 5.75 Å². The van der Waals surface area contributed by atoms with Crippen LogP contribution in [0.2, 0.25) is 0 Å². The Hall–Kier alpha value is -3.08. The summed E-state index contributed by atoms with van der Waals surface area (Å²) in [6, 6.07) is 18.3.